The normalized spacial score (nSPS) is 18.7. The fourth-order valence-corrected chi connectivity index (χ4v) is 5.41. The predicted molar refractivity (Wildman–Crippen MR) is 180 cm³/mol. The van der Waals surface area contributed by atoms with Gasteiger partial charge in [0.05, 0.1) is 23.6 Å². The Labute approximate surface area is 287 Å². The Hall–Kier alpha value is -6.54. The zero-order chi connectivity index (χ0) is 35.0. The first-order chi connectivity index (χ1) is 23.5. The third-order valence-corrected chi connectivity index (χ3v) is 8.14. The van der Waals surface area contributed by atoms with E-state index in [1.807, 2.05) is 12.1 Å². The Morgan fingerprint density at radius 1 is 0.653 bits per heavy atom. The van der Waals surface area contributed by atoms with Gasteiger partial charge in [-0.2, -0.15) is 30.7 Å². The second-order valence-electron chi connectivity index (χ2n) is 10.5. The number of hydrogen-bond acceptors (Lipinski definition) is 11. The second-order valence-corrected chi connectivity index (χ2v) is 11.4. The summed E-state index contributed by atoms with van der Waals surface area (Å²) in [4.78, 5) is 54.4. The van der Waals surface area contributed by atoms with Crippen LogP contribution in [0.25, 0.3) is 11.1 Å². The van der Waals surface area contributed by atoms with Gasteiger partial charge in [0.2, 0.25) is 0 Å². The Balaban J connectivity index is 1.58. The van der Waals surface area contributed by atoms with Crippen LogP contribution in [0.15, 0.2) is 97.8 Å². The lowest BCUT2D eigenvalue weighted by molar-refractivity contribution is -0.140. The average Bonchev–Trinajstić information content (AvgIpc) is 3.45. The van der Waals surface area contributed by atoms with Gasteiger partial charge < -0.3 is 15.1 Å². The van der Waals surface area contributed by atoms with E-state index in [9.17, 15) is 29.7 Å². The summed E-state index contributed by atoms with van der Waals surface area (Å²) in [5.41, 5.74) is -0.0248. The number of hydrazone groups is 2. The molecule has 0 aliphatic carbocycles. The summed E-state index contributed by atoms with van der Waals surface area (Å²) in [6, 6.07) is 16.6. The van der Waals surface area contributed by atoms with Crippen LogP contribution in [0.2, 0.25) is 10.0 Å². The molecule has 1 aromatic heterocycles. The quantitative estimate of drug-likeness (QED) is 0.304. The Morgan fingerprint density at radius 2 is 1.02 bits per heavy atom. The molecule has 3 aliphatic heterocycles. The molecule has 0 saturated carbocycles. The molecule has 0 fully saturated rings. The zero-order valence-corrected chi connectivity index (χ0v) is 26.9. The van der Waals surface area contributed by atoms with Crippen molar-refractivity contribution < 1.29 is 23.6 Å². The molecular formula is C34H20Cl2N8O5. The predicted octanol–water partition coefficient (Wildman–Crippen LogP) is 3.68. The molecule has 13 nitrogen and oxygen atoms in total. The lowest BCUT2D eigenvalue weighted by Crippen LogP contribution is -2.41. The first-order valence-electron chi connectivity index (χ1n) is 14.2. The molecule has 3 aliphatic rings. The largest absolute Gasteiger partial charge is 0.451 e. The number of nitrogens with one attached hydrogen (secondary N) is 2. The number of carbonyl (C=O) groups excluding carboxylic acids is 4. The van der Waals surface area contributed by atoms with Crippen molar-refractivity contribution in [1.82, 2.24) is 10.0 Å². The maximum atomic E-state index is 14.0. The van der Waals surface area contributed by atoms with Crippen molar-refractivity contribution in [3.8, 4) is 12.1 Å². The molecule has 0 saturated heterocycles. The highest BCUT2D eigenvalue weighted by Crippen LogP contribution is 2.31. The van der Waals surface area contributed by atoms with Gasteiger partial charge in [0, 0.05) is 22.4 Å². The molecule has 4 amide bonds. The SMILES string of the molecule is CC1=C(C#N)C(=O)N(N=Cc2ccc(Cl)cc2)C(=O)C1=c1oc(=C2C(=O)N(N=Cc3ccc(Cl)cc3)C(=O)C(C#N)=C2C)c2c1NC=CN2. The second kappa shape index (κ2) is 12.9. The van der Waals surface area contributed by atoms with Gasteiger partial charge in [0.1, 0.15) is 34.7 Å². The Morgan fingerprint density at radius 3 is 1.37 bits per heavy atom. The van der Waals surface area contributed by atoms with E-state index in [1.165, 1.54) is 38.7 Å². The minimum Gasteiger partial charge on any atom is -0.451 e. The van der Waals surface area contributed by atoms with Crippen molar-refractivity contribution in [2.75, 3.05) is 10.6 Å². The lowest BCUT2D eigenvalue weighted by Gasteiger charge is -2.22. The fourth-order valence-electron chi connectivity index (χ4n) is 5.16. The van der Waals surface area contributed by atoms with Gasteiger partial charge >= 0.3 is 0 Å². The monoisotopic (exact) mass is 690 g/mol. The van der Waals surface area contributed by atoms with E-state index in [0.29, 0.717) is 31.2 Å². The van der Waals surface area contributed by atoms with Crippen LogP contribution in [-0.2, 0) is 19.2 Å². The van der Waals surface area contributed by atoms with Gasteiger partial charge in [0.15, 0.2) is 10.8 Å². The van der Waals surface area contributed by atoms with E-state index in [-0.39, 0.29) is 55.6 Å². The van der Waals surface area contributed by atoms with E-state index in [4.69, 9.17) is 27.6 Å². The topological polar surface area (TPSA) is 184 Å². The Kier molecular flexibility index (Phi) is 8.55. The third-order valence-electron chi connectivity index (χ3n) is 7.63. The minimum atomic E-state index is -0.951. The van der Waals surface area contributed by atoms with Crippen LogP contribution in [0.4, 0.5) is 11.4 Å². The van der Waals surface area contributed by atoms with E-state index >= 15 is 0 Å². The van der Waals surface area contributed by atoms with Crippen molar-refractivity contribution in [1.29, 1.82) is 10.5 Å². The summed E-state index contributed by atoms with van der Waals surface area (Å²) in [6.07, 6.45) is 5.51. The van der Waals surface area contributed by atoms with Crippen LogP contribution < -0.4 is 21.5 Å². The van der Waals surface area contributed by atoms with Crippen molar-refractivity contribution in [3.05, 3.63) is 115 Å². The minimum absolute atomic E-state index is 0.00390. The van der Waals surface area contributed by atoms with Gasteiger partial charge in [-0.05, 0) is 60.4 Å². The number of halogens is 2. The number of hydrogen-bond donors (Lipinski definition) is 2. The molecule has 240 valence electrons. The molecule has 0 atom stereocenters. The molecule has 2 N–H and O–H groups in total. The summed E-state index contributed by atoms with van der Waals surface area (Å²) in [7, 11) is 0. The molecule has 0 bridgehead atoms. The number of nitriles is 2. The standard InChI is InChI=1S/C34H20Cl2N8O5/c1-17-23(13-37)31(45)43(41-15-19-3-7-21(35)8-4-19)33(47)25(17)29-27-28(40-12-11-39-27)30(49-29)26-18(2)24(14-38)32(46)44(34(26)48)42-16-20-5-9-22(36)10-6-20/h3-12,15-16,39-40H,1-2H3. The first kappa shape index (κ1) is 32.4. The Bertz CT molecular complexity index is 2210. The highest BCUT2D eigenvalue weighted by molar-refractivity contribution is 6.32. The maximum absolute atomic E-state index is 14.0. The van der Waals surface area contributed by atoms with Crippen molar-refractivity contribution in [2.24, 2.45) is 10.2 Å². The lowest BCUT2D eigenvalue weighted by atomic mass is 9.95. The van der Waals surface area contributed by atoms with Crippen LogP contribution in [0.3, 0.4) is 0 Å². The number of furan rings is 1. The summed E-state index contributed by atoms with van der Waals surface area (Å²) in [5.74, 6) is -3.74. The molecule has 49 heavy (non-hydrogen) atoms. The number of fused-ring (bicyclic) bond motifs is 1. The van der Waals surface area contributed by atoms with Gasteiger partial charge in [0.25, 0.3) is 23.6 Å². The summed E-state index contributed by atoms with van der Waals surface area (Å²) in [5, 5.41) is 36.0. The van der Waals surface area contributed by atoms with Crippen LogP contribution >= 0.6 is 23.2 Å². The molecule has 0 spiro atoms. The average molecular weight is 691 g/mol. The van der Waals surface area contributed by atoms with Crippen LogP contribution in [0.5, 0.6) is 0 Å². The van der Waals surface area contributed by atoms with Gasteiger partial charge in [-0.25, -0.2) is 0 Å². The number of amides is 4. The number of rotatable bonds is 4. The summed E-state index contributed by atoms with van der Waals surface area (Å²) < 4.78 is 6.26. The molecule has 0 radical (unpaired) electrons. The van der Waals surface area contributed by atoms with Crippen molar-refractivity contribution in [3.63, 3.8) is 0 Å². The molecular weight excluding hydrogens is 671 g/mol. The van der Waals surface area contributed by atoms with Gasteiger partial charge in [-0.3, -0.25) is 19.2 Å². The molecule has 3 aromatic rings. The van der Waals surface area contributed by atoms with Crippen LogP contribution in [-0.4, -0.2) is 46.1 Å². The van der Waals surface area contributed by atoms with E-state index in [0.717, 1.165) is 0 Å². The van der Waals surface area contributed by atoms with Gasteiger partial charge in [-0.15, -0.1) is 0 Å². The summed E-state index contributed by atoms with van der Waals surface area (Å²) in [6.45, 7) is 2.82. The number of carbonyl (C=O) groups is 4. The fraction of sp³-hybridized carbons (Fsp3) is 0.0588. The molecule has 6 rings (SSSR count). The van der Waals surface area contributed by atoms with Crippen LogP contribution in [0.1, 0.15) is 25.0 Å². The molecule has 2 aromatic carbocycles. The van der Waals surface area contributed by atoms with E-state index < -0.39 is 23.6 Å². The maximum Gasteiger partial charge on any atom is 0.292 e. The smallest absolute Gasteiger partial charge is 0.292 e. The van der Waals surface area contributed by atoms with Crippen LogP contribution in [0, 0.1) is 22.7 Å². The van der Waals surface area contributed by atoms with Gasteiger partial charge in [-0.1, -0.05) is 47.5 Å². The first-order valence-corrected chi connectivity index (χ1v) is 15.0. The number of imide groups is 2. The number of anilines is 2. The molecule has 4 heterocycles. The summed E-state index contributed by atoms with van der Waals surface area (Å²) >= 11 is 11.9. The molecule has 15 heteroatoms. The van der Waals surface area contributed by atoms with E-state index in [2.05, 4.69) is 20.8 Å². The highest BCUT2D eigenvalue weighted by atomic mass is 35.5. The molecule has 0 unspecified atom stereocenters. The number of benzene rings is 2. The van der Waals surface area contributed by atoms with E-state index in [1.54, 1.807) is 48.5 Å². The highest BCUT2D eigenvalue weighted by Gasteiger charge is 2.40. The zero-order valence-electron chi connectivity index (χ0n) is 25.4. The third kappa shape index (κ3) is 5.70. The van der Waals surface area contributed by atoms with Crippen molar-refractivity contribution in [2.45, 2.75) is 13.8 Å². The number of nitrogens with zero attached hydrogens (tertiary/aromatic N) is 6. The van der Waals surface area contributed by atoms with Crippen molar-refractivity contribution >= 4 is 81.8 Å².